The summed E-state index contributed by atoms with van der Waals surface area (Å²) in [5.74, 6) is 0.0728. The standard InChI is InChI=1S/C23H30N6O5/c1-6-15-18(20(30)25-12-17-27-22(32)29-28-17)16(26-19(15)21(31)34-23(2,3)4)11-24-13-7-9-14(33-5)10-8-13/h7-10,24,26H,6,11-12H2,1-5H3,(H,25,30)(H2,27,28,29,32). The molecule has 1 aromatic carbocycles. The van der Waals surface area contributed by atoms with Crippen molar-refractivity contribution in [2.75, 3.05) is 12.4 Å². The van der Waals surface area contributed by atoms with Crippen molar-refractivity contribution in [2.45, 2.75) is 52.8 Å². The number of H-pyrrole nitrogens is 3. The minimum atomic E-state index is -0.692. The van der Waals surface area contributed by atoms with Crippen LogP contribution < -0.4 is 21.1 Å². The zero-order valence-electron chi connectivity index (χ0n) is 19.9. The number of anilines is 1. The van der Waals surface area contributed by atoms with Gasteiger partial charge in [-0.1, -0.05) is 6.92 Å². The second-order valence-corrected chi connectivity index (χ2v) is 8.58. The van der Waals surface area contributed by atoms with Gasteiger partial charge in [0.15, 0.2) is 0 Å². The molecule has 0 radical (unpaired) electrons. The van der Waals surface area contributed by atoms with E-state index in [0.29, 0.717) is 23.2 Å². The van der Waals surface area contributed by atoms with Gasteiger partial charge in [0.1, 0.15) is 22.9 Å². The SMILES string of the molecule is CCc1c(C(=O)OC(C)(C)C)[nH]c(CNc2ccc(OC)cc2)c1C(=O)NCc1n[nH]c(=O)[nH]1. The van der Waals surface area contributed by atoms with Gasteiger partial charge in [0.05, 0.1) is 25.8 Å². The van der Waals surface area contributed by atoms with E-state index in [-0.39, 0.29) is 24.6 Å². The summed E-state index contributed by atoms with van der Waals surface area (Å²) in [5.41, 5.74) is 1.33. The molecule has 0 saturated heterocycles. The van der Waals surface area contributed by atoms with Crippen LogP contribution in [0, 0.1) is 0 Å². The highest BCUT2D eigenvalue weighted by Gasteiger charge is 2.28. The molecule has 11 heteroatoms. The van der Waals surface area contributed by atoms with Crippen LogP contribution >= 0.6 is 0 Å². The molecule has 3 rings (SSSR count). The van der Waals surface area contributed by atoms with E-state index in [1.165, 1.54) is 0 Å². The molecule has 182 valence electrons. The fourth-order valence-electron chi connectivity index (χ4n) is 3.40. The first-order valence-electron chi connectivity index (χ1n) is 10.9. The monoisotopic (exact) mass is 470 g/mol. The van der Waals surface area contributed by atoms with Crippen molar-refractivity contribution in [3.8, 4) is 5.75 Å². The molecule has 0 aliphatic carbocycles. The number of benzene rings is 1. The van der Waals surface area contributed by atoms with Gasteiger partial charge in [-0.15, -0.1) is 0 Å². The van der Waals surface area contributed by atoms with Crippen LogP contribution in [-0.2, 0) is 24.2 Å². The lowest BCUT2D eigenvalue weighted by Crippen LogP contribution is -2.26. The predicted octanol–water partition coefficient (Wildman–Crippen LogP) is 2.49. The van der Waals surface area contributed by atoms with Crippen LogP contribution in [0.15, 0.2) is 29.1 Å². The number of esters is 1. The number of amides is 1. The topological polar surface area (TPSA) is 154 Å². The van der Waals surface area contributed by atoms with Gasteiger partial charge in [0.2, 0.25) is 0 Å². The van der Waals surface area contributed by atoms with Crippen molar-refractivity contribution >= 4 is 17.6 Å². The molecule has 0 unspecified atom stereocenters. The van der Waals surface area contributed by atoms with Crippen LogP contribution in [0.2, 0.25) is 0 Å². The summed E-state index contributed by atoms with van der Waals surface area (Å²) >= 11 is 0. The normalized spacial score (nSPS) is 11.2. The average Bonchev–Trinajstić information content (AvgIpc) is 3.38. The summed E-state index contributed by atoms with van der Waals surface area (Å²) in [5, 5.41) is 12.1. The van der Waals surface area contributed by atoms with Crippen LogP contribution in [0.5, 0.6) is 5.75 Å². The molecule has 0 aliphatic heterocycles. The Morgan fingerprint density at radius 2 is 1.79 bits per heavy atom. The Bertz CT molecular complexity index is 1200. The first kappa shape index (κ1) is 24.6. The van der Waals surface area contributed by atoms with Crippen LogP contribution in [0.4, 0.5) is 5.69 Å². The highest BCUT2D eigenvalue weighted by Crippen LogP contribution is 2.24. The molecule has 0 atom stereocenters. The summed E-state index contributed by atoms with van der Waals surface area (Å²) in [4.78, 5) is 42.9. The average molecular weight is 471 g/mol. The van der Waals surface area contributed by atoms with Gasteiger partial charge in [-0.3, -0.25) is 9.78 Å². The number of carbonyl (C=O) groups excluding carboxylic acids is 2. The van der Waals surface area contributed by atoms with Crippen molar-refractivity contribution in [1.82, 2.24) is 25.5 Å². The van der Waals surface area contributed by atoms with Crippen LogP contribution in [0.25, 0.3) is 0 Å². The molecule has 0 fully saturated rings. The number of hydrogen-bond donors (Lipinski definition) is 5. The third-order valence-electron chi connectivity index (χ3n) is 4.89. The molecule has 0 spiro atoms. The maximum atomic E-state index is 13.2. The number of methoxy groups -OCH3 is 1. The Labute approximate surface area is 196 Å². The largest absolute Gasteiger partial charge is 0.497 e. The quantitative estimate of drug-likeness (QED) is 0.301. The van der Waals surface area contributed by atoms with Crippen molar-refractivity contribution < 1.29 is 19.1 Å². The molecule has 0 saturated carbocycles. The fourth-order valence-corrected chi connectivity index (χ4v) is 3.40. The lowest BCUT2D eigenvalue weighted by molar-refractivity contribution is 0.00622. The molecule has 2 heterocycles. The summed E-state index contributed by atoms with van der Waals surface area (Å²) in [6.07, 6.45) is 0.426. The second kappa shape index (κ2) is 10.3. The molecular weight excluding hydrogens is 440 g/mol. The Hall–Kier alpha value is -4.02. The van der Waals surface area contributed by atoms with Gasteiger partial charge >= 0.3 is 11.7 Å². The number of aromatic amines is 3. The van der Waals surface area contributed by atoms with Crippen molar-refractivity contribution in [3.05, 3.63) is 63.1 Å². The Morgan fingerprint density at radius 3 is 2.35 bits per heavy atom. The first-order valence-corrected chi connectivity index (χ1v) is 10.9. The highest BCUT2D eigenvalue weighted by molar-refractivity contribution is 6.01. The molecule has 0 bridgehead atoms. The number of aromatic nitrogens is 4. The Kier molecular flexibility index (Phi) is 7.44. The molecule has 2 aromatic heterocycles. The van der Waals surface area contributed by atoms with Gasteiger partial charge in [-0.05, 0) is 57.0 Å². The predicted molar refractivity (Wildman–Crippen MR) is 126 cm³/mol. The highest BCUT2D eigenvalue weighted by atomic mass is 16.6. The number of ether oxygens (including phenoxy) is 2. The first-order chi connectivity index (χ1) is 16.1. The van der Waals surface area contributed by atoms with Crippen molar-refractivity contribution in [3.63, 3.8) is 0 Å². The van der Waals surface area contributed by atoms with Crippen molar-refractivity contribution in [2.24, 2.45) is 0 Å². The minimum absolute atomic E-state index is 0.0129. The Balaban J connectivity index is 1.90. The van der Waals surface area contributed by atoms with E-state index in [1.54, 1.807) is 27.9 Å². The van der Waals surface area contributed by atoms with Gasteiger partial charge in [-0.25, -0.2) is 14.7 Å². The van der Waals surface area contributed by atoms with E-state index < -0.39 is 23.2 Å². The smallest absolute Gasteiger partial charge is 0.355 e. The van der Waals surface area contributed by atoms with Crippen LogP contribution in [-0.4, -0.2) is 44.8 Å². The molecule has 3 aromatic rings. The maximum Gasteiger partial charge on any atom is 0.355 e. The number of hydrogen-bond acceptors (Lipinski definition) is 7. The lowest BCUT2D eigenvalue weighted by atomic mass is 10.0. The van der Waals surface area contributed by atoms with Crippen LogP contribution in [0.1, 0.15) is 65.6 Å². The van der Waals surface area contributed by atoms with E-state index in [2.05, 4.69) is 30.8 Å². The number of nitrogens with zero attached hydrogens (tertiary/aromatic N) is 1. The third-order valence-corrected chi connectivity index (χ3v) is 4.89. The third kappa shape index (κ3) is 6.06. The molecule has 5 N–H and O–H groups in total. The van der Waals surface area contributed by atoms with E-state index >= 15 is 0 Å². The van der Waals surface area contributed by atoms with Crippen LogP contribution in [0.3, 0.4) is 0 Å². The minimum Gasteiger partial charge on any atom is -0.497 e. The van der Waals surface area contributed by atoms with Gasteiger partial charge < -0.3 is 25.1 Å². The second-order valence-electron chi connectivity index (χ2n) is 8.58. The fraction of sp³-hybridized carbons (Fsp3) is 0.391. The number of carbonyl (C=O) groups is 2. The maximum absolute atomic E-state index is 13.2. The van der Waals surface area contributed by atoms with E-state index in [0.717, 1.165) is 11.4 Å². The van der Waals surface area contributed by atoms with E-state index in [4.69, 9.17) is 9.47 Å². The molecule has 34 heavy (non-hydrogen) atoms. The van der Waals surface area contributed by atoms with Gasteiger partial charge in [0, 0.05) is 11.4 Å². The summed E-state index contributed by atoms with van der Waals surface area (Å²) in [6.45, 7) is 7.47. The van der Waals surface area contributed by atoms with Crippen molar-refractivity contribution in [1.29, 1.82) is 0 Å². The number of nitrogens with one attached hydrogen (secondary N) is 5. The summed E-state index contributed by atoms with van der Waals surface area (Å²) in [6, 6.07) is 7.34. The van der Waals surface area contributed by atoms with Gasteiger partial charge in [0.25, 0.3) is 5.91 Å². The molecule has 1 amide bonds. The number of rotatable bonds is 9. The summed E-state index contributed by atoms with van der Waals surface area (Å²) in [7, 11) is 1.59. The molecule has 11 nitrogen and oxygen atoms in total. The summed E-state index contributed by atoms with van der Waals surface area (Å²) < 4.78 is 10.7. The zero-order chi connectivity index (χ0) is 24.9. The Morgan fingerprint density at radius 1 is 1.09 bits per heavy atom. The van der Waals surface area contributed by atoms with E-state index in [1.807, 2.05) is 31.2 Å². The zero-order valence-corrected chi connectivity index (χ0v) is 19.9. The molecule has 0 aliphatic rings. The molecular formula is C23H30N6O5. The lowest BCUT2D eigenvalue weighted by Gasteiger charge is -2.19. The van der Waals surface area contributed by atoms with E-state index in [9.17, 15) is 14.4 Å². The van der Waals surface area contributed by atoms with Gasteiger partial charge in [-0.2, -0.15) is 5.10 Å².